The second kappa shape index (κ2) is 8.53. The molecule has 0 spiro atoms. The number of amides is 1. The van der Waals surface area contributed by atoms with Crippen LogP contribution in [0.5, 0.6) is 0 Å². The minimum Gasteiger partial charge on any atom is -0.394 e. The minimum absolute atomic E-state index is 0.0208. The summed E-state index contributed by atoms with van der Waals surface area (Å²) in [6, 6.07) is 4.47. The Morgan fingerprint density at radius 2 is 1.94 bits per heavy atom. The number of hydrogen-bond donors (Lipinski definition) is 2. The van der Waals surface area contributed by atoms with Gasteiger partial charge < -0.3 is 10.4 Å². The zero-order chi connectivity index (χ0) is 24.8. The second-order valence-corrected chi connectivity index (χ2v) is 9.00. The topological polar surface area (TPSA) is 89.2 Å². The number of halogens is 4. The second-order valence-electron chi connectivity index (χ2n) is 9.00. The number of imidazole rings is 1. The lowest BCUT2D eigenvalue weighted by molar-refractivity contribution is -0.137. The quantitative estimate of drug-likeness (QED) is 0.507. The molecule has 2 N–H and O–H groups in total. The molecule has 34 heavy (non-hydrogen) atoms. The van der Waals surface area contributed by atoms with Crippen molar-refractivity contribution in [2.45, 2.75) is 51.0 Å². The van der Waals surface area contributed by atoms with Crippen LogP contribution in [0.1, 0.15) is 42.6 Å². The van der Waals surface area contributed by atoms with Gasteiger partial charge in [-0.15, -0.1) is 0 Å². The number of hydrogen-bond acceptors (Lipinski definition) is 4. The van der Waals surface area contributed by atoms with Crippen LogP contribution >= 0.6 is 0 Å². The average Bonchev–Trinajstić information content (AvgIpc) is 3.55. The summed E-state index contributed by atoms with van der Waals surface area (Å²) in [5.74, 6) is -0.475. The van der Waals surface area contributed by atoms with Crippen LogP contribution in [0.25, 0.3) is 22.3 Å². The summed E-state index contributed by atoms with van der Waals surface area (Å²) in [7, 11) is 0. The molecule has 11 heteroatoms. The van der Waals surface area contributed by atoms with Gasteiger partial charge in [0.05, 0.1) is 29.8 Å². The smallest absolute Gasteiger partial charge is 0.394 e. The van der Waals surface area contributed by atoms with E-state index < -0.39 is 42.2 Å². The Morgan fingerprint density at radius 1 is 1.24 bits per heavy atom. The van der Waals surface area contributed by atoms with Crippen LogP contribution in [-0.2, 0) is 18.3 Å². The van der Waals surface area contributed by atoms with Gasteiger partial charge >= 0.3 is 11.9 Å². The SMILES string of the molecule is CC(C)(CO)n1c(=O)n(CCF)c2cc(-c3cc(C(=O)NC4CC4)ccc3C(F)(F)F)cnc21. The molecule has 1 aromatic carbocycles. The number of alkyl halides is 4. The van der Waals surface area contributed by atoms with Crippen LogP contribution < -0.4 is 11.0 Å². The normalized spacial score (nSPS) is 14.6. The summed E-state index contributed by atoms with van der Waals surface area (Å²) in [4.78, 5) is 29.7. The number of fused-ring (bicyclic) bond motifs is 1. The van der Waals surface area contributed by atoms with E-state index in [2.05, 4.69) is 10.3 Å². The molecule has 182 valence electrons. The molecule has 0 radical (unpaired) electrons. The third-order valence-electron chi connectivity index (χ3n) is 5.88. The monoisotopic (exact) mass is 480 g/mol. The third kappa shape index (κ3) is 4.31. The fraction of sp³-hybridized carbons (Fsp3) is 0.435. The third-order valence-corrected chi connectivity index (χ3v) is 5.88. The van der Waals surface area contributed by atoms with Gasteiger partial charge in [0.15, 0.2) is 5.65 Å². The van der Waals surface area contributed by atoms with E-state index in [1.807, 2.05) is 0 Å². The van der Waals surface area contributed by atoms with Gasteiger partial charge in [0.2, 0.25) is 0 Å². The molecule has 1 aliphatic carbocycles. The van der Waals surface area contributed by atoms with E-state index in [-0.39, 0.29) is 40.4 Å². The van der Waals surface area contributed by atoms with Gasteiger partial charge in [-0.25, -0.2) is 14.2 Å². The summed E-state index contributed by atoms with van der Waals surface area (Å²) in [6.45, 7) is 1.56. The van der Waals surface area contributed by atoms with E-state index in [1.54, 1.807) is 13.8 Å². The minimum atomic E-state index is -4.71. The predicted molar refractivity (Wildman–Crippen MR) is 117 cm³/mol. The van der Waals surface area contributed by atoms with E-state index in [4.69, 9.17) is 0 Å². The first-order valence-electron chi connectivity index (χ1n) is 10.8. The molecule has 1 amide bonds. The number of pyridine rings is 1. The van der Waals surface area contributed by atoms with Gasteiger partial charge in [-0.3, -0.25) is 13.9 Å². The van der Waals surface area contributed by atoms with Crippen molar-refractivity contribution < 1.29 is 27.5 Å². The predicted octanol–water partition coefficient (Wildman–Crippen LogP) is 3.47. The highest BCUT2D eigenvalue weighted by molar-refractivity contribution is 5.96. The van der Waals surface area contributed by atoms with Crippen LogP contribution in [-0.4, -0.2) is 44.5 Å². The van der Waals surface area contributed by atoms with E-state index >= 15 is 0 Å². The van der Waals surface area contributed by atoms with Gasteiger partial charge in [0, 0.05) is 23.4 Å². The van der Waals surface area contributed by atoms with Gasteiger partial charge in [0.25, 0.3) is 5.91 Å². The van der Waals surface area contributed by atoms with Crippen molar-refractivity contribution >= 4 is 17.1 Å². The van der Waals surface area contributed by atoms with Crippen LogP contribution in [0.4, 0.5) is 17.6 Å². The number of aryl methyl sites for hydroxylation is 1. The Morgan fingerprint density at radius 3 is 2.53 bits per heavy atom. The van der Waals surface area contributed by atoms with Crippen molar-refractivity contribution in [1.82, 2.24) is 19.4 Å². The largest absolute Gasteiger partial charge is 0.417 e. The van der Waals surface area contributed by atoms with Crippen LogP contribution in [0, 0.1) is 0 Å². The number of rotatable bonds is 7. The maximum atomic E-state index is 13.8. The van der Waals surface area contributed by atoms with Crippen LogP contribution in [0.2, 0.25) is 0 Å². The number of aliphatic hydroxyl groups excluding tert-OH is 1. The number of benzene rings is 1. The highest BCUT2D eigenvalue weighted by Crippen LogP contribution is 2.38. The summed E-state index contributed by atoms with van der Waals surface area (Å²) < 4.78 is 57.0. The maximum Gasteiger partial charge on any atom is 0.417 e. The Kier molecular flexibility index (Phi) is 6.01. The highest BCUT2D eigenvalue weighted by atomic mass is 19.4. The molecular weight excluding hydrogens is 456 g/mol. The van der Waals surface area contributed by atoms with Gasteiger partial charge in [-0.1, -0.05) is 0 Å². The molecule has 1 saturated carbocycles. The molecule has 0 aliphatic heterocycles. The van der Waals surface area contributed by atoms with Crippen molar-refractivity contribution in [3.8, 4) is 11.1 Å². The Bertz CT molecular complexity index is 1310. The molecule has 2 heterocycles. The number of carbonyl (C=O) groups is 1. The lowest BCUT2D eigenvalue weighted by Crippen LogP contribution is -2.40. The van der Waals surface area contributed by atoms with Crippen LogP contribution in [0.3, 0.4) is 0 Å². The number of nitrogens with zero attached hydrogens (tertiary/aromatic N) is 3. The summed E-state index contributed by atoms with van der Waals surface area (Å²) in [6.07, 6.45) is -1.88. The zero-order valence-corrected chi connectivity index (χ0v) is 18.6. The number of aliphatic hydroxyl groups is 1. The Hall–Kier alpha value is -3.21. The van der Waals surface area contributed by atoms with Crippen molar-refractivity contribution in [1.29, 1.82) is 0 Å². The van der Waals surface area contributed by atoms with E-state index in [0.29, 0.717) is 0 Å². The zero-order valence-electron chi connectivity index (χ0n) is 18.6. The molecule has 3 aromatic rings. The van der Waals surface area contributed by atoms with Crippen molar-refractivity contribution in [2.24, 2.45) is 0 Å². The standard InChI is InChI=1S/C23H24F4N4O3/c1-22(2,12-32)31-19-18(30(8-7-24)21(31)34)10-14(11-28-19)16-9-13(20(33)29-15-4-5-15)3-6-17(16)23(25,26)27/h3,6,9-11,15,32H,4-5,7-8,12H2,1-2H3,(H,29,33). The lowest BCUT2D eigenvalue weighted by Gasteiger charge is -2.23. The van der Waals surface area contributed by atoms with Crippen molar-refractivity contribution in [3.63, 3.8) is 0 Å². The van der Waals surface area contributed by atoms with E-state index in [9.17, 15) is 32.3 Å². The number of nitrogens with one attached hydrogen (secondary N) is 1. The molecule has 1 aliphatic rings. The summed E-state index contributed by atoms with van der Waals surface area (Å²) >= 11 is 0. The highest BCUT2D eigenvalue weighted by Gasteiger charge is 2.35. The molecule has 0 saturated heterocycles. The molecule has 4 rings (SSSR count). The maximum absolute atomic E-state index is 13.8. The number of aromatic nitrogens is 3. The van der Waals surface area contributed by atoms with Gasteiger partial charge in [-0.05, 0) is 56.5 Å². The van der Waals surface area contributed by atoms with Crippen LogP contribution in [0.15, 0.2) is 35.3 Å². The fourth-order valence-corrected chi connectivity index (χ4v) is 3.86. The first-order valence-corrected chi connectivity index (χ1v) is 10.8. The summed E-state index contributed by atoms with van der Waals surface area (Å²) in [5.41, 5.74) is -2.64. The molecule has 0 unspecified atom stereocenters. The van der Waals surface area contributed by atoms with Gasteiger partial charge in [0.1, 0.15) is 6.67 Å². The van der Waals surface area contributed by atoms with E-state index in [1.165, 1.54) is 16.8 Å². The fourth-order valence-electron chi connectivity index (χ4n) is 3.86. The average molecular weight is 480 g/mol. The van der Waals surface area contributed by atoms with E-state index in [0.717, 1.165) is 35.6 Å². The van der Waals surface area contributed by atoms with Gasteiger partial charge in [-0.2, -0.15) is 13.2 Å². The molecular formula is C23H24F4N4O3. The number of carbonyl (C=O) groups excluding carboxylic acids is 1. The van der Waals surface area contributed by atoms with Crippen molar-refractivity contribution in [2.75, 3.05) is 13.3 Å². The molecule has 2 aromatic heterocycles. The molecule has 0 bridgehead atoms. The summed E-state index contributed by atoms with van der Waals surface area (Å²) in [5, 5.41) is 12.5. The molecule has 1 fully saturated rings. The molecule has 7 nitrogen and oxygen atoms in total. The van der Waals surface area contributed by atoms with Crippen molar-refractivity contribution in [3.05, 3.63) is 52.1 Å². The Labute approximate surface area is 192 Å². The first kappa shape index (κ1) is 23.9. The first-order chi connectivity index (χ1) is 16.0. The Balaban J connectivity index is 1.93. The lowest BCUT2D eigenvalue weighted by atomic mass is 9.97. The molecule has 0 atom stereocenters.